The Morgan fingerprint density at radius 2 is 2.27 bits per heavy atom. The Hall–Kier alpha value is -0.620. The molecule has 0 saturated heterocycles. The Balaban J connectivity index is 2.40. The van der Waals surface area contributed by atoms with Crippen LogP contribution in [0.25, 0.3) is 11.4 Å². The zero-order valence-electron chi connectivity index (χ0n) is 8.09. The van der Waals surface area contributed by atoms with Crippen molar-refractivity contribution in [3.05, 3.63) is 32.6 Å². The van der Waals surface area contributed by atoms with Crippen LogP contribution in [0.5, 0.6) is 0 Å². The SMILES string of the molecule is CCc1nc(-c2ccc(I)c(Cl)c2)n[nH]1. The van der Waals surface area contributed by atoms with E-state index in [1.807, 2.05) is 25.1 Å². The lowest BCUT2D eigenvalue weighted by Crippen LogP contribution is -1.83. The molecule has 2 aromatic rings. The van der Waals surface area contributed by atoms with Crippen molar-refractivity contribution in [3.8, 4) is 11.4 Å². The first kappa shape index (κ1) is 10.9. The molecule has 78 valence electrons. The maximum Gasteiger partial charge on any atom is 0.181 e. The van der Waals surface area contributed by atoms with Crippen LogP contribution >= 0.6 is 34.2 Å². The molecule has 1 heterocycles. The van der Waals surface area contributed by atoms with Gasteiger partial charge < -0.3 is 0 Å². The van der Waals surface area contributed by atoms with Gasteiger partial charge in [-0.2, -0.15) is 5.10 Å². The van der Waals surface area contributed by atoms with E-state index in [0.29, 0.717) is 5.82 Å². The van der Waals surface area contributed by atoms with Crippen LogP contribution in [0.15, 0.2) is 18.2 Å². The molecule has 0 spiro atoms. The summed E-state index contributed by atoms with van der Waals surface area (Å²) in [5.74, 6) is 1.59. The summed E-state index contributed by atoms with van der Waals surface area (Å²) in [6.45, 7) is 2.03. The maximum absolute atomic E-state index is 6.03. The fourth-order valence-electron chi connectivity index (χ4n) is 1.22. The van der Waals surface area contributed by atoms with E-state index in [4.69, 9.17) is 11.6 Å². The second-order valence-electron chi connectivity index (χ2n) is 3.09. The van der Waals surface area contributed by atoms with E-state index >= 15 is 0 Å². The van der Waals surface area contributed by atoms with Crippen molar-refractivity contribution in [1.82, 2.24) is 15.2 Å². The Bertz CT molecular complexity index is 481. The van der Waals surface area contributed by atoms with E-state index in [-0.39, 0.29) is 0 Å². The molecule has 3 nitrogen and oxygen atoms in total. The van der Waals surface area contributed by atoms with Gasteiger partial charge in [0.1, 0.15) is 5.82 Å². The third kappa shape index (κ3) is 2.31. The van der Waals surface area contributed by atoms with Crippen LogP contribution in [0.4, 0.5) is 0 Å². The van der Waals surface area contributed by atoms with Gasteiger partial charge in [0.2, 0.25) is 0 Å². The molecule has 2 rings (SSSR count). The molecule has 0 radical (unpaired) electrons. The third-order valence-electron chi connectivity index (χ3n) is 2.04. The van der Waals surface area contributed by atoms with Crippen LogP contribution in [-0.4, -0.2) is 15.2 Å². The van der Waals surface area contributed by atoms with E-state index in [0.717, 1.165) is 26.4 Å². The minimum Gasteiger partial charge on any atom is -0.263 e. The lowest BCUT2D eigenvalue weighted by atomic mass is 10.2. The Labute approximate surface area is 106 Å². The first-order valence-electron chi connectivity index (χ1n) is 4.57. The van der Waals surface area contributed by atoms with Gasteiger partial charge in [0, 0.05) is 15.6 Å². The topological polar surface area (TPSA) is 41.6 Å². The van der Waals surface area contributed by atoms with Gasteiger partial charge in [0.25, 0.3) is 0 Å². The normalized spacial score (nSPS) is 10.6. The summed E-state index contributed by atoms with van der Waals surface area (Å²) in [7, 11) is 0. The van der Waals surface area contributed by atoms with Crippen molar-refractivity contribution in [1.29, 1.82) is 0 Å². The minimum absolute atomic E-state index is 0.699. The number of H-pyrrole nitrogens is 1. The summed E-state index contributed by atoms with van der Waals surface area (Å²) in [6, 6.07) is 5.81. The zero-order chi connectivity index (χ0) is 10.8. The standard InChI is InChI=1S/C10H9ClIN3/c1-2-9-13-10(15-14-9)6-3-4-8(12)7(11)5-6/h3-5H,2H2,1H3,(H,13,14,15). The lowest BCUT2D eigenvalue weighted by Gasteiger charge is -1.98. The van der Waals surface area contributed by atoms with E-state index < -0.39 is 0 Å². The monoisotopic (exact) mass is 333 g/mol. The van der Waals surface area contributed by atoms with Crippen LogP contribution in [0.2, 0.25) is 5.02 Å². The Morgan fingerprint density at radius 1 is 1.47 bits per heavy atom. The first-order chi connectivity index (χ1) is 7.20. The van der Waals surface area contributed by atoms with Crippen molar-refractivity contribution in [3.63, 3.8) is 0 Å². The molecule has 0 aliphatic rings. The minimum atomic E-state index is 0.699. The Kier molecular flexibility index (Phi) is 3.25. The van der Waals surface area contributed by atoms with Gasteiger partial charge in [0.05, 0.1) is 5.02 Å². The molecule has 0 fully saturated rings. The zero-order valence-corrected chi connectivity index (χ0v) is 11.0. The number of aryl methyl sites for hydroxylation is 1. The van der Waals surface area contributed by atoms with Crippen LogP contribution in [0.3, 0.4) is 0 Å². The molecule has 0 aliphatic carbocycles. The molecule has 15 heavy (non-hydrogen) atoms. The highest BCUT2D eigenvalue weighted by atomic mass is 127. The fourth-order valence-corrected chi connectivity index (χ4v) is 1.73. The van der Waals surface area contributed by atoms with Crippen molar-refractivity contribution < 1.29 is 0 Å². The largest absolute Gasteiger partial charge is 0.263 e. The Morgan fingerprint density at radius 3 is 2.87 bits per heavy atom. The van der Waals surface area contributed by atoms with Gasteiger partial charge in [-0.05, 0) is 40.8 Å². The molecule has 5 heteroatoms. The molecule has 0 saturated carbocycles. The van der Waals surface area contributed by atoms with Crippen molar-refractivity contribution in [2.45, 2.75) is 13.3 Å². The van der Waals surface area contributed by atoms with Crippen molar-refractivity contribution >= 4 is 34.2 Å². The smallest absolute Gasteiger partial charge is 0.181 e. The maximum atomic E-state index is 6.03. The molecule has 0 atom stereocenters. The second-order valence-corrected chi connectivity index (χ2v) is 4.66. The fraction of sp³-hybridized carbons (Fsp3) is 0.200. The van der Waals surface area contributed by atoms with E-state index in [9.17, 15) is 0 Å². The summed E-state index contributed by atoms with van der Waals surface area (Å²) in [5.41, 5.74) is 0.941. The summed E-state index contributed by atoms with van der Waals surface area (Å²) in [4.78, 5) is 4.34. The number of nitrogens with one attached hydrogen (secondary N) is 1. The first-order valence-corrected chi connectivity index (χ1v) is 6.03. The number of hydrogen-bond acceptors (Lipinski definition) is 2. The highest BCUT2D eigenvalue weighted by molar-refractivity contribution is 14.1. The van der Waals surface area contributed by atoms with Gasteiger partial charge in [-0.15, -0.1) is 0 Å². The van der Waals surface area contributed by atoms with Gasteiger partial charge in [-0.3, -0.25) is 5.10 Å². The molecule has 1 N–H and O–H groups in total. The lowest BCUT2D eigenvalue weighted by molar-refractivity contribution is 0.946. The van der Waals surface area contributed by atoms with Crippen LogP contribution in [-0.2, 0) is 6.42 Å². The third-order valence-corrected chi connectivity index (χ3v) is 3.62. The predicted octanol–water partition coefficient (Wildman–Crippen LogP) is 3.29. The van der Waals surface area contributed by atoms with Gasteiger partial charge in [-0.1, -0.05) is 18.5 Å². The number of aromatic amines is 1. The molecular weight excluding hydrogens is 324 g/mol. The van der Waals surface area contributed by atoms with Gasteiger partial charge in [-0.25, -0.2) is 4.98 Å². The van der Waals surface area contributed by atoms with Gasteiger partial charge >= 0.3 is 0 Å². The number of aromatic nitrogens is 3. The summed E-state index contributed by atoms with van der Waals surface area (Å²) in [6.07, 6.45) is 0.852. The van der Waals surface area contributed by atoms with E-state index in [2.05, 4.69) is 37.8 Å². The van der Waals surface area contributed by atoms with E-state index in [1.165, 1.54) is 0 Å². The molecule has 1 aromatic heterocycles. The van der Waals surface area contributed by atoms with Crippen LogP contribution < -0.4 is 0 Å². The average Bonchev–Trinajstić information content (AvgIpc) is 2.70. The molecule has 0 aliphatic heterocycles. The summed E-state index contributed by atoms with van der Waals surface area (Å²) in [5, 5.41) is 7.75. The van der Waals surface area contributed by atoms with E-state index in [1.54, 1.807) is 0 Å². The number of hydrogen-bond donors (Lipinski definition) is 1. The highest BCUT2D eigenvalue weighted by Crippen LogP contribution is 2.24. The van der Waals surface area contributed by atoms with Crippen molar-refractivity contribution in [2.75, 3.05) is 0 Å². The average molecular weight is 334 g/mol. The summed E-state index contributed by atoms with van der Waals surface area (Å²) < 4.78 is 1.03. The highest BCUT2D eigenvalue weighted by Gasteiger charge is 2.06. The number of halogens is 2. The molecular formula is C10H9ClIN3. The van der Waals surface area contributed by atoms with Gasteiger partial charge in [0.15, 0.2) is 5.82 Å². The molecule has 1 aromatic carbocycles. The quantitative estimate of drug-likeness (QED) is 0.857. The summed E-state index contributed by atoms with van der Waals surface area (Å²) >= 11 is 8.22. The number of benzene rings is 1. The van der Waals surface area contributed by atoms with Crippen molar-refractivity contribution in [2.24, 2.45) is 0 Å². The van der Waals surface area contributed by atoms with Crippen LogP contribution in [0.1, 0.15) is 12.7 Å². The number of rotatable bonds is 2. The number of nitrogens with zero attached hydrogens (tertiary/aromatic N) is 2. The second kappa shape index (κ2) is 4.49. The predicted molar refractivity (Wildman–Crippen MR) is 68.9 cm³/mol. The van der Waals surface area contributed by atoms with Crippen LogP contribution in [0, 0.1) is 3.57 Å². The molecule has 0 bridgehead atoms. The molecule has 0 amide bonds. The molecule has 0 unspecified atom stereocenters.